The second-order valence-corrected chi connectivity index (χ2v) is 7.03. The van der Waals surface area contributed by atoms with E-state index in [1.807, 2.05) is 36.4 Å². The van der Waals surface area contributed by atoms with Gasteiger partial charge in [0.05, 0.1) is 0 Å². The third kappa shape index (κ3) is 2.55. The Labute approximate surface area is 125 Å². The van der Waals surface area contributed by atoms with Crippen LogP contribution in [-0.4, -0.2) is 20.1 Å². The van der Waals surface area contributed by atoms with Gasteiger partial charge in [-0.15, -0.1) is 0 Å². The molecule has 3 rings (SSSR count). The minimum absolute atomic E-state index is 0.371. The molecule has 0 N–H and O–H groups in total. The molecule has 20 heavy (non-hydrogen) atoms. The Kier molecular flexibility index (Phi) is 4.00. The third-order valence-corrected chi connectivity index (χ3v) is 5.03. The molecule has 3 aromatic rings. The summed E-state index contributed by atoms with van der Waals surface area (Å²) in [5.74, 6) is 0.923. The number of benzene rings is 2. The van der Waals surface area contributed by atoms with Gasteiger partial charge in [0, 0.05) is 0 Å². The van der Waals surface area contributed by atoms with Crippen LogP contribution in [0.2, 0.25) is 5.32 Å². The summed E-state index contributed by atoms with van der Waals surface area (Å²) in [4.78, 5) is 0. The van der Waals surface area contributed by atoms with Crippen molar-refractivity contribution in [2.45, 2.75) is 12.2 Å². The maximum absolute atomic E-state index is 5.65. The van der Waals surface area contributed by atoms with Crippen molar-refractivity contribution in [2.24, 2.45) is 0 Å². The molecule has 1 aromatic heterocycles. The Bertz CT molecular complexity index is 620. The van der Waals surface area contributed by atoms with E-state index in [4.69, 9.17) is 4.52 Å². The standard InChI is InChI=1S/C17H15NOSe/c1-2-20-17-15(13-9-5-3-6-10-13)18-19-16(17)14-11-7-4-8-12-14/h3-12H,2H2,1H3. The van der Waals surface area contributed by atoms with E-state index in [9.17, 15) is 0 Å². The van der Waals surface area contributed by atoms with Crippen LogP contribution < -0.4 is 4.46 Å². The Hall–Kier alpha value is -1.83. The molecule has 0 unspecified atom stereocenters. The normalized spacial score (nSPS) is 10.7. The van der Waals surface area contributed by atoms with E-state index in [1.54, 1.807) is 0 Å². The molecule has 0 aliphatic heterocycles. The van der Waals surface area contributed by atoms with Gasteiger partial charge in [-0.05, 0) is 0 Å². The first-order valence-corrected chi connectivity index (χ1v) is 8.70. The third-order valence-electron chi connectivity index (χ3n) is 3.02. The Morgan fingerprint density at radius 1 is 0.900 bits per heavy atom. The zero-order valence-corrected chi connectivity index (χ0v) is 13.0. The first-order valence-electron chi connectivity index (χ1n) is 6.63. The molecule has 1 heterocycles. The Morgan fingerprint density at radius 3 is 2.10 bits per heavy atom. The summed E-state index contributed by atoms with van der Waals surface area (Å²) in [7, 11) is 0. The molecule has 0 aliphatic rings. The van der Waals surface area contributed by atoms with Crippen LogP contribution in [0.4, 0.5) is 0 Å². The van der Waals surface area contributed by atoms with E-state index in [0.29, 0.717) is 15.0 Å². The van der Waals surface area contributed by atoms with Gasteiger partial charge in [-0.25, -0.2) is 0 Å². The molecule has 0 amide bonds. The molecule has 100 valence electrons. The molecule has 0 radical (unpaired) electrons. The van der Waals surface area contributed by atoms with Gasteiger partial charge in [-0.3, -0.25) is 0 Å². The van der Waals surface area contributed by atoms with Crippen LogP contribution in [0.15, 0.2) is 65.2 Å². The van der Waals surface area contributed by atoms with Crippen molar-refractivity contribution < 1.29 is 4.52 Å². The second-order valence-electron chi connectivity index (χ2n) is 4.35. The van der Waals surface area contributed by atoms with E-state index in [0.717, 1.165) is 27.9 Å². The second kappa shape index (κ2) is 6.08. The molecule has 0 atom stereocenters. The molecule has 2 nitrogen and oxygen atoms in total. The van der Waals surface area contributed by atoms with Crippen LogP contribution in [-0.2, 0) is 0 Å². The molecule has 0 aliphatic carbocycles. The number of hydrogen-bond donors (Lipinski definition) is 0. The van der Waals surface area contributed by atoms with Crippen LogP contribution in [0.25, 0.3) is 22.6 Å². The summed E-state index contributed by atoms with van der Waals surface area (Å²) in [6, 6.07) is 20.5. The molecule has 0 bridgehead atoms. The summed E-state index contributed by atoms with van der Waals surface area (Å²) in [6.45, 7) is 2.20. The predicted molar refractivity (Wildman–Crippen MR) is 83.2 cm³/mol. The van der Waals surface area contributed by atoms with Gasteiger partial charge in [0.1, 0.15) is 0 Å². The average Bonchev–Trinajstić information content (AvgIpc) is 2.93. The minimum atomic E-state index is 0.371. The summed E-state index contributed by atoms with van der Waals surface area (Å²) in [5.41, 5.74) is 3.22. The van der Waals surface area contributed by atoms with Crippen molar-refractivity contribution in [1.29, 1.82) is 0 Å². The van der Waals surface area contributed by atoms with Crippen molar-refractivity contribution in [1.82, 2.24) is 5.16 Å². The molecule has 2 aromatic carbocycles. The number of hydrogen-bond acceptors (Lipinski definition) is 2. The van der Waals surface area contributed by atoms with Gasteiger partial charge in [-0.2, -0.15) is 0 Å². The van der Waals surface area contributed by atoms with Crippen LogP contribution in [0.1, 0.15) is 6.92 Å². The number of nitrogens with zero attached hydrogens (tertiary/aromatic N) is 1. The fraction of sp³-hybridized carbons (Fsp3) is 0.118. The molecule has 0 fully saturated rings. The molecule has 0 saturated heterocycles. The SMILES string of the molecule is CC[Se]c1c(-c2ccccc2)noc1-c1ccccc1. The topological polar surface area (TPSA) is 26.0 Å². The van der Waals surface area contributed by atoms with Gasteiger partial charge in [0.2, 0.25) is 0 Å². The van der Waals surface area contributed by atoms with Gasteiger partial charge in [-0.1, -0.05) is 0 Å². The van der Waals surface area contributed by atoms with Crippen LogP contribution in [0, 0.1) is 0 Å². The summed E-state index contributed by atoms with van der Waals surface area (Å²) >= 11 is 0.371. The van der Waals surface area contributed by atoms with Crippen molar-refractivity contribution in [3.8, 4) is 22.6 Å². The fourth-order valence-corrected chi connectivity index (χ4v) is 3.93. The zero-order valence-electron chi connectivity index (χ0n) is 11.2. The molecular formula is C17H15NOSe. The van der Waals surface area contributed by atoms with E-state index < -0.39 is 0 Å². The van der Waals surface area contributed by atoms with Crippen LogP contribution in [0.3, 0.4) is 0 Å². The predicted octanol–water partition coefficient (Wildman–Crippen LogP) is 3.78. The quantitative estimate of drug-likeness (QED) is 0.681. The van der Waals surface area contributed by atoms with E-state index >= 15 is 0 Å². The monoisotopic (exact) mass is 329 g/mol. The van der Waals surface area contributed by atoms with Crippen molar-refractivity contribution in [2.75, 3.05) is 0 Å². The fourth-order valence-electron chi connectivity index (χ4n) is 2.11. The van der Waals surface area contributed by atoms with Crippen molar-refractivity contribution in [3.63, 3.8) is 0 Å². The molecular weight excluding hydrogens is 313 g/mol. The van der Waals surface area contributed by atoms with Crippen LogP contribution in [0.5, 0.6) is 0 Å². The Balaban J connectivity index is 2.12. The number of aromatic nitrogens is 1. The van der Waals surface area contributed by atoms with E-state index in [2.05, 4.69) is 36.3 Å². The Morgan fingerprint density at radius 2 is 1.50 bits per heavy atom. The van der Waals surface area contributed by atoms with Crippen molar-refractivity contribution in [3.05, 3.63) is 60.7 Å². The van der Waals surface area contributed by atoms with Gasteiger partial charge in [0.25, 0.3) is 0 Å². The average molecular weight is 328 g/mol. The molecule has 0 saturated carbocycles. The first-order chi connectivity index (χ1) is 9.90. The summed E-state index contributed by atoms with van der Waals surface area (Å²) in [5, 5.41) is 5.45. The molecule has 0 spiro atoms. The van der Waals surface area contributed by atoms with Gasteiger partial charge < -0.3 is 0 Å². The van der Waals surface area contributed by atoms with E-state index in [1.165, 1.54) is 4.46 Å². The van der Waals surface area contributed by atoms with Gasteiger partial charge in [0.15, 0.2) is 0 Å². The van der Waals surface area contributed by atoms with Crippen molar-refractivity contribution >= 4 is 19.4 Å². The molecule has 3 heteroatoms. The van der Waals surface area contributed by atoms with Gasteiger partial charge >= 0.3 is 125 Å². The summed E-state index contributed by atoms with van der Waals surface area (Å²) in [6.07, 6.45) is 0. The van der Waals surface area contributed by atoms with E-state index in [-0.39, 0.29) is 0 Å². The number of rotatable bonds is 4. The maximum atomic E-state index is 5.65. The zero-order chi connectivity index (χ0) is 13.8. The first kappa shape index (κ1) is 13.2. The van der Waals surface area contributed by atoms with Crippen LogP contribution >= 0.6 is 0 Å². The summed E-state index contributed by atoms with van der Waals surface area (Å²) < 4.78 is 6.92.